The lowest BCUT2D eigenvalue weighted by atomic mass is 10.1. The standard InChI is InChI=1S/C23H25FN4O3/c1-23(2,3)30-22(29)28-14-12-27(13-15-28)19-10-6-16(7-11-19)20-25-21(31-26-20)17-4-8-18(24)9-5-17/h4-11H,12-15H2,1-3H3. The number of hydrogen-bond donors (Lipinski definition) is 0. The first-order valence-electron chi connectivity index (χ1n) is 10.2. The molecule has 7 nitrogen and oxygen atoms in total. The quantitative estimate of drug-likeness (QED) is 0.612. The number of carbonyl (C=O) groups is 1. The third-order valence-corrected chi connectivity index (χ3v) is 4.94. The smallest absolute Gasteiger partial charge is 0.410 e. The molecule has 0 saturated carbocycles. The highest BCUT2D eigenvalue weighted by Crippen LogP contribution is 2.25. The lowest BCUT2D eigenvalue weighted by Crippen LogP contribution is -2.50. The van der Waals surface area contributed by atoms with Gasteiger partial charge in [-0.15, -0.1) is 0 Å². The van der Waals surface area contributed by atoms with Crippen LogP contribution in [-0.4, -0.2) is 52.9 Å². The van der Waals surface area contributed by atoms with Gasteiger partial charge in [0.05, 0.1) is 0 Å². The summed E-state index contributed by atoms with van der Waals surface area (Å²) in [5.41, 5.74) is 2.07. The predicted octanol–water partition coefficient (Wildman–Crippen LogP) is 4.60. The number of nitrogens with zero attached hydrogens (tertiary/aromatic N) is 4. The minimum Gasteiger partial charge on any atom is -0.444 e. The third-order valence-electron chi connectivity index (χ3n) is 4.94. The van der Waals surface area contributed by atoms with Crippen LogP contribution < -0.4 is 4.90 Å². The van der Waals surface area contributed by atoms with Crippen LogP contribution in [0.15, 0.2) is 53.1 Å². The van der Waals surface area contributed by atoms with Crippen LogP contribution in [0.5, 0.6) is 0 Å². The van der Waals surface area contributed by atoms with Gasteiger partial charge in [-0.1, -0.05) is 5.16 Å². The Hall–Kier alpha value is -3.42. The average Bonchev–Trinajstić information content (AvgIpc) is 3.24. The molecule has 1 amide bonds. The van der Waals surface area contributed by atoms with Crippen LogP contribution in [0.4, 0.5) is 14.9 Å². The average molecular weight is 424 g/mol. The highest BCUT2D eigenvalue weighted by atomic mass is 19.1. The van der Waals surface area contributed by atoms with E-state index in [1.165, 1.54) is 12.1 Å². The third kappa shape index (κ3) is 5.02. The van der Waals surface area contributed by atoms with Crippen molar-refractivity contribution in [1.82, 2.24) is 15.0 Å². The van der Waals surface area contributed by atoms with Crippen molar-refractivity contribution >= 4 is 11.8 Å². The molecule has 1 aromatic heterocycles. The second kappa shape index (κ2) is 8.37. The van der Waals surface area contributed by atoms with Gasteiger partial charge in [0.2, 0.25) is 5.82 Å². The molecule has 1 aliphatic heterocycles. The number of piperazine rings is 1. The highest BCUT2D eigenvalue weighted by Gasteiger charge is 2.26. The molecule has 162 valence electrons. The molecular weight excluding hydrogens is 399 g/mol. The molecule has 0 N–H and O–H groups in total. The monoisotopic (exact) mass is 424 g/mol. The van der Waals surface area contributed by atoms with Crippen LogP contribution in [-0.2, 0) is 4.74 Å². The van der Waals surface area contributed by atoms with Gasteiger partial charge in [-0.3, -0.25) is 0 Å². The Kier molecular flexibility index (Phi) is 5.63. The molecule has 31 heavy (non-hydrogen) atoms. The van der Waals surface area contributed by atoms with Gasteiger partial charge in [0.25, 0.3) is 5.89 Å². The summed E-state index contributed by atoms with van der Waals surface area (Å²) in [7, 11) is 0. The zero-order valence-corrected chi connectivity index (χ0v) is 17.8. The van der Waals surface area contributed by atoms with E-state index in [9.17, 15) is 9.18 Å². The second-order valence-corrected chi connectivity index (χ2v) is 8.43. The summed E-state index contributed by atoms with van der Waals surface area (Å²) in [6, 6.07) is 13.8. The van der Waals surface area contributed by atoms with Crippen LogP contribution >= 0.6 is 0 Å². The van der Waals surface area contributed by atoms with Gasteiger partial charge >= 0.3 is 6.09 Å². The number of rotatable bonds is 3. The molecule has 0 atom stereocenters. The Balaban J connectivity index is 1.38. The molecule has 0 spiro atoms. The number of hydrogen-bond acceptors (Lipinski definition) is 6. The fourth-order valence-electron chi connectivity index (χ4n) is 3.35. The Bertz CT molecular complexity index is 1030. The van der Waals surface area contributed by atoms with Crippen LogP contribution in [0.2, 0.25) is 0 Å². The topological polar surface area (TPSA) is 71.7 Å². The molecule has 0 unspecified atom stereocenters. The maximum Gasteiger partial charge on any atom is 0.410 e. The summed E-state index contributed by atoms with van der Waals surface area (Å²) in [6.45, 7) is 8.30. The van der Waals surface area contributed by atoms with Crippen molar-refractivity contribution < 1.29 is 18.4 Å². The predicted molar refractivity (Wildman–Crippen MR) is 115 cm³/mol. The Morgan fingerprint density at radius 1 is 0.968 bits per heavy atom. The van der Waals surface area contributed by atoms with E-state index in [0.717, 1.165) is 24.3 Å². The van der Waals surface area contributed by atoms with Crippen molar-refractivity contribution in [2.24, 2.45) is 0 Å². The van der Waals surface area contributed by atoms with Gasteiger partial charge in [-0.2, -0.15) is 4.98 Å². The normalized spacial score (nSPS) is 14.6. The lowest BCUT2D eigenvalue weighted by Gasteiger charge is -2.36. The number of aromatic nitrogens is 2. The molecule has 2 heterocycles. The number of ether oxygens (including phenoxy) is 1. The fraction of sp³-hybridized carbons (Fsp3) is 0.348. The summed E-state index contributed by atoms with van der Waals surface area (Å²) in [5, 5.41) is 4.03. The molecule has 0 aliphatic carbocycles. The van der Waals surface area contributed by atoms with Gasteiger partial charge in [0, 0.05) is 43.0 Å². The zero-order valence-electron chi connectivity index (χ0n) is 17.8. The van der Waals surface area contributed by atoms with Gasteiger partial charge < -0.3 is 19.1 Å². The minimum absolute atomic E-state index is 0.267. The minimum atomic E-state index is -0.490. The largest absolute Gasteiger partial charge is 0.444 e. The van der Waals surface area contributed by atoms with E-state index in [1.54, 1.807) is 17.0 Å². The van der Waals surface area contributed by atoms with Crippen LogP contribution in [0, 0.1) is 5.82 Å². The zero-order chi connectivity index (χ0) is 22.0. The Labute approximate surface area is 180 Å². The maximum atomic E-state index is 13.1. The van der Waals surface area contributed by atoms with E-state index in [0.29, 0.717) is 30.4 Å². The van der Waals surface area contributed by atoms with E-state index in [2.05, 4.69) is 15.0 Å². The van der Waals surface area contributed by atoms with Crippen molar-refractivity contribution in [2.45, 2.75) is 26.4 Å². The van der Waals surface area contributed by atoms with Crippen molar-refractivity contribution in [3.05, 3.63) is 54.3 Å². The summed E-state index contributed by atoms with van der Waals surface area (Å²) >= 11 is 0. The van der Waals surface area contributed by atoms with Crippen molar-refractivity contribution in [2.75, 3.05) is 31.1 Å². The van der Waals surface area contributed by atoms with Gasteiger partial charge in [-0.25, -0.2) is 9.18 Å². The van der Waals surface area contributed by atoms with E-state index in [-0.39, 0.29) is 11.9 Å². The summed E-state index contributed by atoms with van der Waals surface area (Å²) in [6.07, 6.45) is -0.267. The summed E-state index contributed by atoms with van der Waals surface area (Å²) in [4.78, 5) is 20.6. The van der Waals surface area contributed by atoms with E-state index in [4.69, 9.17) is 9.26 Å². The summed E-state index contributed by atoms with van der Waals surface area (Å²) < 4.78 is 23.9. The molecular formula is C23H25FN4O3. The number of carbonyl (C=O) groups excluding carboxylic acids is 1. The molecule has 1 aliphatic rings. The van der Waals surface area contributed by atoms with Gasteiger partial charge in [0.15, 0.2) is 0 Å². The number of halogens is 1. The van der Waals surface area contributed by atoms with Crippen LogP contribution in [0.25, 0.3) is 22.8 Å². The molecule has 4 rings (SSSR count). The molecule has 3 aromatic rings. The molecule has 2 aromatic carbocycles. The number of amides is 1. The first-order chi connectivity index (χ1) is 14.8. The molecule has 1 saturated heterocycles. The Morgan fingerprint density at radius 2 is 1.58 bits per heavy atom. The molecule has 0 radical (unpaired) electrons. The van der Waals surface area contributed by atoms with E-state index in [1.807, 2.05) is 45.0 Å². The molecule has 8 heteroatoms. The summed E-state index contributed by atoms with van der Waals surface area (Å²) in [5.74, 6) is 0.504. The van der Waals surface area contributed by atoms with E-state index < -0.39 is 5.60 Å². The molecule has 0 bridgehead atoms. The fourth-order valence-corrected chi connectivity index (χ4v) is 3.35. The Morgan fingerprint density at radius 3 is 2.19 bits per heavy atom. The number of anilines is 1. The first kappa shape index (κ1) is 20.8. The van der Waals surface area contributed by atoms with Crippen molar-refractivity contribution in [1.29, 1.82) is 0 Å². The van der Waals surface area contributed by atoms with Crippen molar-refractivity contribution in [3.8, 4) is 22.8 Å². The van der Waals surface area contributed by atoms with Gasteiger partial charge in [-0.05, 0) is 69.3 Å². The number of benzene rings is 2. The molecule has 1 fully saturated rings. The first-order valence-corrected chi connectivity index (χ1v) is 10.2. The highest BCUT2D eigenvalue weighted by molar-refractivity contribution is 5.69. The van der Waals surface area contributed by atoms with Crippen LogP contribution in [0.1, 0.15) is 20.8 Å². The van der Waals surface area contributed by atoms with Crippen molar-refractivity contribution in [3.63, 3.8) is 0 Å². The lowest BCUT2D eigenvalue weighted by molar-refractivity contribution is 0.0240. The van der Waals surface area contributed by atoms with E-state index >= 15 is 0 Å². The SMILES string of the molecule is CC(C)(C)OC(=O)N1CCN(c2ccc(-c3noc(-c4ccc(F)cc4)n3)cc2)CC1. The van der Waals surface area contributed by atoms with Gasteiger partial charge in [0.1, 0.15) is 11.4 Å². The maximum absolute atomic E-state index is 13.1. The second-order valence-electron chi connectivity index (χ2n) is 8.43. The van der Waals surface area contributed by atoms with Crippen LogP contribution in [0.3, 0.4) is 0 Å².